The predicted octanol–water partition coefficient (Wildman–Crippen LogP) is 1.68. The molecule has 3 atom stereocenters. The molecule has 5 heteroatoms. The van der Waals surface area contributed by atoms with E-state index in [2.05, 4.69) is 22.7 Å². The van der Waals surface area contributed by atoms with Crippen molar-refractivity contribution in [3.8, 4) is 0 Å². The molecule has 1 aromatic rings. The van der Waals surface area contributed by atoms with Crippen molar-refractivity contribution in [3.05, 3.63) is 17.5 Å². The van der Waals surface area contributed by atoms with E-state index >= 15 is 0 Å². The van der Waals surface area contributed by atoms with E-state index in [9.17, 15) is 4.79 Å². The molecule has 2 rings (SSSR count). The summed E-state index contributed by atoms with van der Waals surface area (Å²) in [6.45, 7) is 7.18. The molecule has 112 valence electrons. The van der Waals surface area contributed by atoms with Crippen LogP contribution in [0.5, 0.6) is 0 Å². The molecular formula is C15H26N4O. The van der Waals surface area contributed by atoms with Gasteiger partial charge in [-0.05, 0) is 39.2 Å². The Morgan fingerprint density at radius 3 is 3.00 bits per heavy atom. The summed E-state index contributed by atoms with van der Waals surface area (Å²) in [5.41, 5.74) is 2.18. The van der Waals surface area contributed by atoms with Crippen LogP contribution in [0.25, 0.3) is 0 Å². The first-order valence-corrected chi connectivity index (χ1v) is 7.55. The molecule has 0 aromatic carbocycles. The fourth-order valence-corrected chi connectivity index (χ4v) is 2.90. The van der Waals surface area contributed by atoms with Crippen molar-refractivity contribution >= 4 is 5.91 Å². The third-order valence-electron chi connectivity index (χ3n) is 4.50. The fourth-order valence-electron chi connectivity index (χ4n) is 2.90. The van der Waals surface area contributed by atoms with Crippen LogP contribution >= 0.6 is 0 Å². The van der Waals surface area contributed by atoms with E-state index in [0.29, 0.717) is 5.92 Å². The topological polar surface area (TPSA) is 59.0 Å². The van der Waals surface area contributed by atoms with Crippen molar-refractivity contribution in [1.29, 1.82) is 0 Å². The molecule has 1 saturated heterocycles. The second kappa shape index (κ2) is 6.39. The average Bonchev–Trinajstić information content (AvgIpc) is 2.79. The second-order valence-electron chi connectivity index (χ2n) is 5.84. The van der Waals surface area contributed by atoms with Gasteiger partial charge in [0, 0.05) is 18.3 Å². The first-order chi connectivity index (χ1) is 9.52. The molecule has 3 unspecified atom stereocenters. The number of rotatable bonds is 4. The number of aryl methyl sites for hydroxylation is 1. The van der Waals surface area contributed by atoms with E-state index in [1.165, 1.54) is 6.42 Å². The molecule has 0 spiro atoms. The summed E-state index contributed by atoms with van der Waals surface area (Å²) in [5.74, 6) is 0.779. The van der Waals surface area contributed by atoms with E-state index in [0.717, 1.165) is 30.6 Å². The zero-order valence-electron chi connectivity index (χ0n) is 12.9. The number of carbonyl (C=O) groups is 1. The minimum absolute atomic E-state index is 0.00000283. The van der Waals surface area contributed by atoms with E-state index < -0.39 is 0 Å². The molecule has 20 heavy (non-hydrogen) atoms. The Hall–Kier alpha value is -1.36. The summed E-state index contributed by atoms with van der Waals surface area (Å²) >= 11 is 0. The van der Waals surface area contributed by atoms with Gasteiger partial charge in [0.15, 0.2) is 0 Å². The average molecular weight is 278 g/mol. The quantitative estimate of drug-likeness (QED) is 0.881. The molecule has 0 radical (unpaired) electrons. The maximum Gasteiger partial charge on any atom is 0.237 e. The Kier molecular flexibility index (Phi) is 4.81. The van der Waals surface area contributed by atoms with Gasteiger partial charge in [-0.15, -0.1) is 0 Å². The van der Waals surface area contributed by atoms with Crippen LogP contribution in [-0.4, -0.2) is 28.3 Å². The highest BCUT2D eigenvalue weighted by Gasteiger charge is 2.27. The highest BCUT2D eigenvalue weighted by molar-refractivity contribution is 5.82. The Morgan fingerprint density at radius 1 is 1.65 bits per heavy atom. The van der Waals surface area contributed by atoms with Gasteiger partial charge in [-0.25, -0.2) is 0 Å². The van der Waals surface area contributed by atoms with E-state index in [4.69, 9.17) is 0 Å². The molecule has 2 N–H and O–H groups in total. The fraction of sp³-hybridized carbons (Fsp3) is 0.733. The molecule has 0 saturated carbocycles. The Morgan fingerprint density at radius 2 is 2.40 bits per heavy atom. The van der Waals surface area contributed by atoms with Gasteiger partial charge in [0.1, 0.15) is 0 Å². The van der Waals surface area contributed by atoms with Crippen molar-refractivity contribution in [3.63, 3.8) is 0 Å². The summed E-state index contributed by atoms with van der Waals surface area (Å²) in [6, 6.07) is -0.0480. The summed E-state index contributed by atoms with van der Waals surface area (Å²) in [5, 5.41) is 10.7. The zero-order valence-corrected chi connectivity index (χ0v) is 12.9. The molecule has 1 aliphatic rings. The largest absolute Gasteiger partial charge is 0.348 e. The number of hydrogen-bond acceptors (Lipinski definition) is 3. The summed E-state index contributed by atoms with van der Waals surface area (Å²) < 4.78 is 1.84. The van der Waals surface area contributed by atoms with Gasteiger partial charge in [-0.3, -0.25) is 9.48 Å². The summed E-state index contributed by atoms with van der Waals surface area (Å²) in [6.07, 6.45) is 5.12. The highest BCUT2D eigenvalue weighted by atomic mass is 16.2. The molecule has 0 bridgehead atoms. The third kappa shape index (κ3) is 3.20. The Labute approximate surface area is 121 Å². The van der Waals surface area contributed by atoms with Gasteiger partial charge < -0.3 is 10.6 Å². The van der Waals surface area contributed by atoms with Crippen LogP contribution in [0.2, 0.25) is 0 Å². The van der Waals surface area contributed by atoms with Crippen molar-refractivity contribution in [2.45, 2.75) is 52.1 Å². The molecule has 2 heterocycles. The van der Waals surface area contributed by atoms with E-state index in [-0.39, 0.29) is 18.0 Å². The molecule has 1 amide bonds. The van der Waals surface area contributed by atoms with Crippen LogP contribution in [0.4, 0.5) is 0 Å². The normalized spacial score (nSPS) is 24.4. The minimum Gasteiger partial charge on any atom is -0.348 e. The predicted molar refractivity (Wildman–Crippen MR) is 79.3 cm³/mol. The SMILES string of the molecule is CCC1CCNC(C(=O)NC(C)c2cnn(C)c2C)C1. The van der Waals surface area contributed by atoms with Crippen molar-refractivity contribution in [1.82, 2.24) is 20.4 Å². The lowest BCUT2D eigenvalue weighted by Crippen LogP contribution is -2.49. The second-order valence-corrected chi connectivity index (χ2v) is 5.84. The van der Waals surface area contributed by atoms with Gasteiger partial charge in [0.2, 0.25) is 5.91 Å². The molecule has 0 aliphatic carbocycles. The Bertz CT molecular complexity index is 468. The highest BCUT2D eigenvalue weighted by Crippen LogP contribution is 2.21. The molecule has 1 aliphatic heterocycles. The first-order valence-electron chi connectivity index (χ1n) is 7.55. The number of hydrogen-bond donors (Lipinski definition) is 2. The zero-order chi connectivity index (χ0) is 14.7. The number of piperidine rings is 1. The molecular weight excluding hydrogens is 252 g/mol. The van der Waals surface area contributed by atoms with E-state index in [1.807, 2.05) is 31.8 Å². The monoisotopic (exact) mass is 278 g/mol. The van der Waals surface area contributed by atoms with Gasteiger partial charge in [-0.1, -0.05) is 13.3 Å². The van der Waals surface area contributed by atoms with Crippen molar-refractivity contribution < 1.29 is 4.79 Å². The van der Waals surface area contributed by atoms with Crippen molar-refractivity contribution in [2.24, 2.45) is 13.0 Å². The van der Waals surface area contributed by atoms with Gasteiger partial charge in [-0.2, -0.15) is 5.10 Å². The lowest BCUT2D eigenvalue weighted by molar-refractivity contribution is -0.124. The number of nitrogens with one attached hydrogen (secondary N) is 2. The van der Waals surface area contributed by atoms with Gasteiger partial charge in [0.25, 0.3) is 0 Å². The minimum atomic E-state index is -0.0480. The number of aromatic nitrogens is 2. The maximum absolute atomic E-state index is 12.4. The van der Waals surface area contributed by atoms with Crippen LogP contribution in [0.15, 0.2) is 6.20 Å². The third-order valence-corrected chi connectivity index (χ3v) is 4.50. The number of carbonyl (C=O) groups excluding carboxylic acids is 1. The number of nitrogens with zero attached hydrogens (tertiary/aromatic N) is 2. The van der Waals surface area contributed by atoms with Gasteiger partial charge in [0.05, 0.1) is 18.3 Å². The molecule has 5 nitrogen and oxygen atoms in total. The van der Waals surface area contributed by atoms with Crippen LogP contribution in [0.3, 0.4) is 0 Å². The van der Waals surface area contributed by atoms with Crippen LogP contribution in [0, 0.1) is 12.8 Å². The molecule has 1 fully saturated rings. The lowest BCUT2D eigenvalue weighted by atomic mass is 9.90. The Balaban J connectivity index is 1.95. The van der Waals surface area contributed by atoms with Crippen LogP contribution in [0.1, 0.15) is 50.4 Å². The smallest absolute Gasteiger partial charge is 0.237 e. The maximum atomic E-state index is 12.4. The first kappa shape index (κ1) is 15.0. The number of amides is 1. The van der Waals surface area contributed by atoms with Crippen molar-refractivity contribution in [2.75, 3.05) is 6.54 Å². The summed E-state index contributed by atoms with van der Waals surface area (Å²) in [7, 11) is 1.92. The van der Waals surface area contributed by atoms with Crippen LogP contribution in [-0.2, 0) is 11.8 Å². The summed E-state index contributed by atoms with van der Waals surface area (Å²) in [4.78, 5) is 12.4. The molecule has 1 aromatic heterocycles. The standard InChI is InChI=1S/C15H26N4O/c1-5-12-6-7-16-14(8-12)15(20)18-10(2)13-9-17-19(4)11(13)3/h9-10,12,14,16H,5-8H2,1-4H3,(H,18,20). The van der Waals surface area contributed by atoms with E-state index in [1.54, 1.807) is 0 Å². The van der Waals surface area contributed by atoms with Crippen LogP contribution < -0.4 is 10.6 Å². The lowest BCUT2D eigenvalue weighted by Gasteiger charge is -2.29. The van der Waals surface area contributed by atoms with Gasteiger partial charge >= 0.3 is 0 Å².